The lowest BCUT2D eigenvalue weighted by Gasteiger charge is -2.13. The van der Waals surface area contributed by atoms with Gasteiger partial charge in [-0.2, -0.15) is 0 Å². The van der Waals surface area contributed by atoms with E-state index in [0.29, 0.717) is 18.9 Å². The molecule has 2 aromatic carbocycles. The van der Waals surface area contributed by atoms with Crippen molar-refractivity contribution in [1.82, 2.24) is 0 Å². The second-order valence-corrected chi connectivity index (χ2v) is 4.28. The molecule has 0 aromatic heterocycles. The Kier molecular flexibility index (Phi) is 4.82. The molecule has 2 rings (SSSR count). The van der Waals surface area contributed by atoms with Gasteiger partial charge in [-0.15, -0.1) is 0 Å². The summed E-state index contributed by atoms with van der Waals surface area (Å²) < 4.78 is 23.8. The van der Waals surface area contributed by atoms with Gasteiger partial charge in [-0.05, 0) is 36.8 Å². The van der Waals surface area contributed by atoms with Gasteiger partial charge in [0.1, 0.15) is 17.3 Å². The molecule has 0 heterocycles. The van der Waals surface area contributed by atoms with Gasteiger partial charge >= 0.3 is 0 Å². The first-order valence-corrected chi connectivity index (χ1v) is 6.52. The van der Waals surface area contributed by atoms with Crippen LogP contribution in [0.1, 0.15) is 12.5 Å². The zero-order valence-electron chi connectivity index (χ0n) is 11.7. The molecule has 1 N–H and O–H groups in total. The Morgan fingerprint density at radius 2 is 2.00 bits per heavy atom. The first kappa shape index (κ1) is 14.2. The highest BCUT2D eigenvalue weighted by molar-refractivity contribution is 5.56. The van der Waals surface area contributed by atoms with Crippen molar-refractivity contribution >= 4 is 5.69 Å². The summed E-state index contributed by atoms with van der Waals surface area (Å²) >= 11 is 0. The minimum absolute atomic E-state index is 0.305. The monoisotopic (exact) mass is 275 g/mol. The van der Waals surface area contributed by atoms with Gasteiger partial charge in [0.15, 0.2) is 0 Å². The van der Waals surface area contributed by atoms with Crippen molar-refractivity contribution in [2.45, 2.75) is 13.5 Å². The Bertz CT molecular complexity index is 572. The Hall–Kier alpha value is -2.23. The lowest BCUT2D eigenvalue weighted by molar-refractivity contribution is 0.340. The van der Waals surface area contributed by atoms with Crippen LogP contribution in [0.15, 0.2) is 42.5 Å². The van der Waals surface area contributed by atoms with Crippen LogP contribution in [-0.4, -0.2) is 13.7 Å². The van der Waals surface area contributed by atoms with E-state index < -0.39 is 0 Å². The molecule has 0 fully saturated rings. The molecule has 2 aromatic rings. The molecule has 3 nitrogen and oxygen atoms in total. The van der Waals surface area contributed by atoms with Crippen LogP contribution < -0.4 is 14.8 Å². The molecular formula is C16H18FNO2. The molecule has 0 aliphatic heterocycles. The molecule has 0 saturated heterocycles. The maximum atomic E-state index is 13.2. The average molecular weight is 275 g/mol. The number of methoxy groups -OCH3 is 1. The van der Waals surface area contributed by atoms with Gasteiger partial charge in [-0.1, -0.05) is 12.1 Å². The molecule has 0 bridgehead atoms. The SMILES string of the molecule is CCOc1cc(F)ccc1NCc1cccc(OC)c1. The molecule has 0 saturated carbocycles. The number of benzene rings is 2. The molecule has 0 unspecified atom stereocenters. The molecule has 0 aliphatic rings. The van der Waals surface area contributed by atoms with E-state index in [2.05, 4.69) is 5.32 Å². The maximum absolute atomic E-state index is 13.2. The van der Waals surface area contributed by atoms with Crippen molar-refractivity contribution in [2.24, 2.45) is 0 Å². The highest BCUT2D eigenvalue weighted by Gasteiger charge is 2.05. The zero-order valence-corrected chi connectivity index (χ0v) is 11.7. The van der Waals surface area contributed by atoms with Crippen molar-refractivity contribution < 1.29 is 13.9 Å². The third kappa shape index (κ3) is 3.63. The Morgan fingerprint density at radius 3 is 2.75 bits per heavy atom. The third-order valence-electron chi connectivity index (χ3n) is 2.86. The van der Waals surface area contributed by atoms with Crippen LogP contribution in [0.4, 0.5) is 10.1 Å². The number of halogens is 1. The van der Waals surface area contributed by atoms with Gasteiger partial charge in [-0.3, -0.25) is 0 Å². The van der Waals surface area contributed by atoms with E-state index in [-0.39, 0.29) is 5.82 Å². The van der Waals surface area contributed by atoms with Crippen LogP contribution in [0, 0.1) is 5.82 Å². The Labute approximate surface area is 118 Å². The maximum Gasteiger partial charge on any atom is 0.145 e. The minimum Gasteiger partial charge on any atom is -0.497 e. The van der Waals surface area contributed by atoms with Gasteiger partial charge in [0, 0.05) is 12.6 Å². The van der Waals surface area contributed by atoms with E-state index in [1.54, 1.807) is 13.2 Å². The standard InChI is InChI=1S/C16H18FNO2/c1-3-20-16-10-13(17)7-8-15(16)18-11-12-5-4-6-14(9-12)19-2/h4-10,18H,3,11H2,1-2H3. The molecule has 0 spiro atoms. The first-order valence-electron chi connectivity index (χ1n) is 6.52. The summed E-state index contributed by atoms with van der Waals surface area (Å²) in [5.74, 6) is 1.03. The number of ether oxygens (including phenoxy) is 2. The third-order valence-corrected chi connectivity index (χ3v) is 2.86. The van der Waals surface area contributed by atoms with Crippen molar-refractivity contribution in [2.75, 3.05) is 19.0 Å². The molecule has 106 valence electrons. The van der Waals surface area contributed by atoms with E-state index in [1.165, 1.54) is 12.1 Å². The van der Waals surface area contributed by atoms with Gasteiger partial charge in [0.25, 0.3) is 0 Å². The van der Waals surface area contributed by atoms with Crippen molar-refractivity contribution in [3.8, 4) is 11.5 Å². The van der Waals surface area contributed by atoms with Crippen molar-refractivity contribution in [3.63, 3.8) is 0 Å². The van der Waals surface area contributed by atoms with Gasteiger partial charge in [-0.25, -0.2) is 4.39 Å². The number of nitrogens with one attached hydrogen (secondary N) is 1. The fourth-order valence-electron chi connectivity index (χ4n) is 1.90. The molecular weight excluding hydrogens is 257 g/mol. The summed E-state index contributed by atoms with van der Waals surface area (Å²) in [4.78, 5) is 0. The normalized spacial score (nSPS) is 10.2. The second-order valence-electron chi connectivity index (χ2n) is 4.28. The fourth-order valence-corrected chi connectivity index (χ4v) is 1.90. The Morgan fingerprint density at radius 1 is 1.15 bits per heavy atom. The van der Waals surface area contributed by atoms with Gasteiger partial charge < -0.3 is 14.8 Å². The van der Waals surface area contributed by atoms with Crippen LogP contribution in [0.5, 0.6) is 11.5 Å². The van der Waals surface area contributed by atoms with E-state index in [4.69, 9.17) is 9.47 Å². The largest absolute Gasteiger partial charge is 0.497 e. The number of rotatable bonds is 6. The number of hydrogen-bond acceptors (Lipinski definition) is 3. The molecule has 0 aliphatic carbocycles. The van der Waals surface area contributed by atoms with E-state index >= 15 is 0 Å². The summed E-state index contributed by atoms with van der Waals surface area (Å²) in [6.07, 6.45) is 0. The van der Waals surface area contributed by atoms with Crippen LogP contribution in [0.2, 0.25) is 0 Å². The molecule has 0 atom stereocenters. The van der Waals surface area contributed by atoms with E-state index in [1.807, 2.05) is 31.2 Å². The average Bonchev–Trinajstić information content (AvgIpc) is 2.47. The summed E-state index contributed by atoms with van der Waals surface area (Å²) in [5, 5.41) is 3.25. The van der Waals surface area contributed by atoms with E-state index in [0.717, 1.165) is 17.0 Å². The first-order chi connectivity index (χ1) is 9.72. The smallest absolute Gasteiger partial charge is 0.145 e. The van der Waals surface area contributed by atoms with Crippen molar-refractivity contribution in [3.05, 3.63) is 53.8 Å². The lowest BCUT2D eigenvalue weighted by Crippen LogP contribution is -2.03. The van der Waals surface area contributed by atoms with Crippen LogP contribution in [-0.2, 0) is 6.54 Å². The van der Waals surface area contributed by atoms with Crippen LogP contribution in [0.25, 0.3) is 0 Å². The summed E-state index contributed by atoms with van der Waals surface area (Å²) in [7, 11) is 1.64. The highest BCUT2D eigenvalue weighted by atomic mass is 19.1. The number of hydrogen-bond donors (Lipinski definition) is 1. The highest BCUT2D eigenvalue weighted by Crippen LogP contribution is 2.26. The minimum atomic E-state index is -0.305. The summed E-state index contributed by atoms with van der Waals surface area (Å²) in [6.45, 7) is 2.98. The van der Waals surface area contributed by atoms with E-state index in [9.17, 15) is 4.39 Å². The second kappa shape index (κ2) is 6.80. The van der Waals surface area contributed by atoms with Gasteiger partial charge in [0.05, 0.1) is 19.4 Å². The molecule has 0 radical (unpaired) electrons. The zero-order chi connectivity index (χ0) is 14.4. The summed E-state index contributed by atoms with van der Waals surface area (Å²) in [5.41, 5.74) is 1.85. The predicted molar refractivity (Wildman–Crippen MR) is 77.9 cm³/mol. The predicted octanol–water partition coefficient (Wildman–Crippen LogP) is 3.85. The fraction of sp³-hybridized carbons (Fsp3) is 0.250. The molecule has 20 heavy (non-hydrogen) atoms. The molecule has 0 amide bonds. The summed E-state index contributed by atoms with van der Waals surface area (Å²) in [6, 6.07) is 12.3. The van der Waals surface area contributed by atoms with Crippen LogP contribution >= 0.6 is 0 Å². The van der Waals surface area contributed by atoms with Crippen LogP contribution in [0.3, 0.4) is 0 Å². The van der Waals surface area contributed by atoms with Gasteiger partial charge in [0.2, 0.25) is 0 Å². The number of anilines is 1. The lowest BCUT2D eigenvalue weighted by atomic mass is 10.2. The quantitative estimate of drug-likeness (QED) is 0.868. The topological polar surface area (TPSA) is 30.5 Å². The Balaban J connectivity index is 2.09. The molecule has 4 heteroatoms. The van der Waals surface area contributed by atoms with Crippen molar-refractivity contribution in [1.29, 1.82) is 0 Å².